The van der Waals surface area contributed by atoms with Crippen LogP contribution in [0.15, 0.2) is 54.7 Å². The zero-order valence-electron chi connectivity index (χ0n) is 15.5. The number of para-hydroxylation sites is 1. The predicted molar refractivity (Wildman–Crippen MR) is 109 cm³/mol. The van der Waals surface area contributed by atoms with Gasteiger partial charge in [-0.1, -0.05) is 41.9 Å². The van der Waals surface area contributed by atoms with Gasteiger partial charge in [0, 0.05) is 47.0 Å². The molecule has 1 N–H and O–H groups in total. The van der Waals surface area contributed by atoms with Crippen molar-refractivity contribution >= 4 is 28.4 Å². The number of aromatic nitrogens is 1. The second kappa shape index (κ2) is 7.96. The number of nitrogens with one attached hydrogen (secondary N) is 1. The maximum Gasteiger partial charge on any atom is 0.221 e. The zero-order valence-corrected chi connectivity index (χ0v) is 16.3. The quantitative estimate of drug-likeness (QED) is 0.624. The lowest BCUT2D eigenvalue weighted by Gasteiger charge is -2.18. The van der Waals surface area contributed by atoms with Gasteiger partial charge in [-0.2, -0.15) is 0 Å². The highest BCUT2D eigenvalue weighted by molar-refractivity contribution is 6.30. The van der Waals surface area contributed by atoms with Crippen molar-refractivity contribution in [1.82, 2.24) is 9.88 Å². The summed E-state index contributed by atoms with van der Waals surface area (Å²) in [6.45, 7) is 6.99. The summed E-state index contributed by atoms with van der Waals surface area (Å²) in [4.78, 5) is 12.6. The Morgan fingerprint density at radius 3 is 2.62 bits per heavy atom. The number of halogens is 1. The summed E-state index contributed by atoms with van der Waals surface area (Å²) in [6, 6.07) is 16.3. The molecule has 1 heterocycles. The number of hydrogen-bond donors (Lipinski definition) is 1. The second-order valence-corrected chi connectivity index (χ2v) is 7.36. The minimum Gasteiger partial charge on any atom is -0.354 e. The maximum absolute atomic E-state index is 12.6. The van der Waals surface area contributed by atoms with E-state index in [-0.39, 0.29) is 17.9 Å². The lowest BCUT2D eigenvalue weighted by Crippen LogP contribution is -2.31. The molecule has 0 unspecified atom stereocenters. The van der Waals surface area contributed by atoms with E-state index in [1.165, 1.54) is 16.5 Å². The highest BCUT2D eigenvalue weighted by Crippen LogP contribution is 2.35. The molecule has 2 aromatic carbocycles. The number of benzene rings is 2. The maximum atomic E-state index is 12.6. The fraction of sp³-hybridized carbons (Fsp3) is 0.318. The molecule has 0 aliphatic carbocycles. The number of hydrogen-bond acceptors (Lipinski definition) is 1. The van der Waals surface area contributed by atoms with Gasteiger partial charge >= 0.3 is 0 Å². The Morgan fingerprint density at radius 2 is 1.92 bits per heavy atom. The molecule has 3 aromatic rings. The van der Waals surface area contributed by atoms with Crippen molar-refractivity contribution in [1.29, 1.82) is 0 Å². The van der Waals surface area contributed by atoms with Crippen LogP contribution >= 0.6 is 11.6 Å². The van der Waals surface area contributed by atoms with E-state index in [4.69, 9.17) is 11.6 Å². The molecule has 136 valence electrons. The lowest BCUT2D eigenvalue weighted by molar-refractivity contribution is -0.121. The number of fused-ring (bicyclic) bond motifs is 1. The van der Waals surface area contributed by atoms with E-state index in [1.54, 1.807) is 0 Å². The molecule has 0 aliphatic rings. The van der Waals surface area contributed by atoms with Crippen LogP contribution in [0.4, 0.5) is 0 Å². The standard InChI is InChI=1S/C22H25ClN2O/c1-4-25-14-20(18-10-5-6-11-21(18)25)19(13-22(26)24-15(2)3)16-8-7-9-17(23)12-16/h5-12,14-15,19H,4,13H2,1-3H3,(H,24,26)/t19-/m0/s1. The number of carbonyl (C=O) groups is 1. The van der Waals surface area contributed by atoms with Gasteiger partial charge in [-0.25, -0.2) is 0 Å². The van der Waals surface area contributed by atoms with E-state index < -0.39 is 0 Å². The third-order valence-corrected chi connectivity index (χ3v) is 4.86. The van der Waals surface area contributed by atoms with E-state index in [2.05, 4.69) is 53.3 Å². The summed E-state index contributed by atoms with van der Waals surface area (Å²) in [6.07, 6.45) is 2.58. The van der Waals surface area contributed by atoms with Crippen LogP contribution in [-0.4, -0.2) is 16.5 Å². The monoisotopic (exact) mass is 368 g/mol. The highest BCUT2D eigenvalue weighted by atomic mass is 35.5. The van der Waals surface area contributed by atoms with Crippen LogP contribution in [0.1, 0.15) is 44.2 Å². The Kier molecular flexibility index (Phi) is 5.67. The number of aryl methyl sites for hydroxylation is 1. The molecule has 26 heavy (non-hydrogen) atoms. The molecule has 0 saturated carbocycles. The van der Waals surface area contributed by atoms with E-state index in [0.717, 1.165) is 12.1 Å². The largest absolute Gasteiger partial charge is 0.354 e. The molecule has 0 radical (unpaired) electrons. The minimum atomic E-state index is -0.0369. The minimum absolute atomic E-state index is 0.0369. The van der Waals surface area contributed by atoms with Crippen LogP contribution in [0.3, 0.4) is 0 Å². The Hall–Kier alpha value is -2.26. The molecule has 1 atom stereocenters. The van der Waals surface area contributed by atoms with Crippen molar-refractivity contribution in [2.24, 2.45) is 0 Å². The van der Waals surface area contributed by atoms with E-state index in [1.807, 2.05) is 32.0 Å². The SMILES string of the molecule is CCn1cc([C@@H](CC(=O)NC(C)C)c2cccc(Cl)c2)c2ccccc21. The van der Waals surface area contributed by atoms with Crippen LogP contribution in [-0.2, 0) is 11.3 Å². The molecular weight excluding hydrogens is 344 g/mol. The zero-order chi connectivity index (χ0) is 18.7. The molecule has 0 bridgehead atoms. The first-order valence-corrected chi connectivity index (χ1v) is 9.50. The first kappa shape index (κ1) is 18.5. The third kappa shape index (κ3) is 3.94. The van der Waals surface area contributed by atoms with Crippen molar-refractivity contribution < 1.29 is 4.79 Å². The topological polar surface area (TPSA) is 34.0 Å². The van der Waals surface area contributed by atoms with Gasteiger partial charge in [0.2, 0.25) is 5.91 Å². The van der Waals surface area contributed by atoms with Gasteiger partial charge < -0.3 is 9.88 Å². The molecule has 0 spiro atoms. The average molecular weight is 369 g/mol. The normalized spacial score (nSPS) is 12.5. The predicted octanol–water partition coefficient (Wildman–Crippen LogP) is 5.36. The molecule has 0 fully saturated rings. The van der Waals surface area contributed by atoms with Crippen LogP contribution in [0.25, 0.3) is 10.9 Å². The Morgan fingerprint density at radius 1 is 1.15 bits per heavy atom. The highest BCUT2D eigenvalue weighted by Gasteiger charge is 2.23. The van der Waals surface area contributed by atoms with Gasteiger partial charge in [0.25, 0.3) is 0 Å². The summed E-state index contributed by atoms with van der Waals surface area (Å²) in [5.41, 5.74) is 3.43. The number of carbonyl (C=O) groups excluding carboxylic acids is 1. The molecular formula is C22H25ClN2O. The van der Waals surface area contributed by atoms with E-state index in [9.17, 15) is 4.79 Å². The Labute approximate surface area is 160 Å². The first-order chi connectivity index (χ1) is 12.5. The number of nitrogens with zero attached hydrogens (tertiary/aromatic N) is 1. The van der Waals surface area contributed by atoms with Crippen molar-refractivity contribution in [3.8, 4) is 0 Å². The number of rotatable bonds is 6. The van der Waals surface area contributed by atoms with Gasteiger partial charge in [-0.05, 0) is 50.1 Å². The summed E-state index contributed by atoms with van der Waals surface area (Å²) in [7, 11) is 0. The molecule has 0 saturated heterocycles. The summed E-state index contributed by atoms with van der Waals surface area (Å²) >= 11 is 6.24. The average Bonchev–Trinajstić information content (AvgIpc) is 2.98. The van der Waals surface area contributed by atoms with E-state index in [0.29, 0.717) is 11.4 Å². The fourth-order valence-electron chi connectivity index (χ4n) is 3.51. The smallest absolute Gasteiger partial charge is 0.221 e. The molecule has 0 aliphatic heterocycles. The van der Waals surface area contributed by atoms with Crippen LogP contribution in [0, 0.1) is 0 Å². The van der Waals surface area contributed by atoms with Gasteiger partial charge in [0.15, 0.2) is 0 Å². The van der Waals surface area contributed by atoms with Crippen molar-refractivity contribution in [2.45, 2.75) is 45.7 Å². The fourth-order valence-corrected chi connectivity index (χ4v) is 3.71. The molecule has 3 nitrogen and oxygen atoms in total. The van der Waals surface area contributed by atoms with Crippen molar-refractivity contribution in [2.75, 3.05) is 0 Å². The van der Waals surface area contributed by atoms with Gasteiger partial charge in [-0.3, -0.25) is 4.79 Å². The van der Waals surface area contributed by atoms with Gasteiger partial charge in [-0.15, -0.1) is 0 Å². The van der Waals surface area contributed by atoms with E-state index >= 15 is 0 Å². The van der Waals surface area contributed by atoms with Crippen LogP contribution < -0.4 is 5.32 Å². The van der Waals surface area contributed by atoms with Gasteiger partial charge in [0.05, 0.1) is 0 Å². The molecule has 4 heteroatoms. The van der Waals surface area contributed by atoms with Crippen LogP contribution in [0.5, 0.6) is 0 Å². The molecule has 3 rings (SSSR count). The second-order valence-electron chi connectivity index (χ2n) is 6.92. The third-order valence-electron chi connectivity index (χ3n) is 4.63. The molecule has 1 amide bonds. The van der Waals surface area contributed by atoms with Gasteiger partial charge in [0.1, 0.15) is 0 Å². The van der Waals surface area contributed by atoms with Crippen molar-refractivity contribution in [3.05, 3.63) is 70.9 Å². The Balaban J connectivity index is 2.10. The van der Waals surface area contributed by atoms with Crippen molar-refractivity contribution in [3.63, 3.8) is 0 Å². The molecule has 1 aromatic heterocycles. The summed E-state index contributed by atoms with van der Waals surface area (Å²) in [5.74, 6) is 0.0171. The first-order valence-electron chi connectivity index (χ1n) is 9.12. The lowest BCUT2D eigenvalue weighted by atomic mass is 9.88. The van der Waals surface area contributed by atoms with Crippen LogP contribution in [0.2, 0.25) is 5.02 Å². The number of amides is 1. The Bertz CT molecular complexity index is 913. The summed E-state index contributed by atoms with van der Waals surface area (Å²) < 4.78 is 2.24. The summed E-state index contributed by atoms with van der Waals surface area (Å²) in [5, 5.41) is 4.90.